The molecule has 0 amide bonds. The lowest BCUT2D eigenvalue weighted by Crippen LogP contribution is -2.30. The van der Waals surface area contributed by atoms with Gasteiger partial charge in [0, 0.05) is 5.92 Å². The number of benzene rings is 1. The number of hydrogen-bond acceptors (Lipinski definition) is 5. The van der Waals surface area contributed by atoms with Crippen molar-refractivity contribution in [3.8, 4) is 5.75 Å². The minimum atomic E-state index is -1.17. The van der Waals surface area contributed by atoms with Crippen molar-refractivity contribution >= 4 is 18.0 Å². The molecule has 1 aliphatic carbocycles. The molecule has 112 valence electrons. The standard InChI is InChI=1S/C16H18O5/c1-19-13-8-5-11(6-9-13)4-7-12-10-16(12,14(17)20-2)15(18)21-3/h4-9,12H,10H2,1-3H3/b7-4+. The molecule has 0 aromatic heterocycles. The van der Waals surface area contributed by atoms with Crippen LogP contribution in [-0.2, 0) is 19.1 Å². The normalized spacial score (nSPS) is 19.1. The van der Waals surface area contributed by atoms with Crippen LogP contribution in [0.2, 0.25) is 0 Å². The van der Waals surface area contributed by atoms with Gasteiger partial charge >= 0.3 is 11.9 Å². The molecule has 0 radical (unpaired) electrons. The highest BCUT2D eigenvalue weighted by molar-refractivity contribution is 6.04. The molecule has 1 aromatic carbocycles. The van der Waals surface area contributed by atoms with Crippen molar-refractivity contribution in [2.24, 2.45) is 11.3 Å². The van der Waals surface area contributed by atoms with E-state index in [1.165, 1.54) is 14.2 Å². The van der Waals surface area contributed by atoms with Gasteiger partial charge in [-0.1, -0.05) is 24.3 Å². The van der Waals surface area contributed by atoms with Crippen LogP contribution in [0.1, 0.15) is 12.0 Å². The fraction of sp³-hybridized carbons (Fsp3) is 0.375. The number of methoxy groups -OCH3 is 3. The summed E-state index contributed by atoms with van der Waals surface area (Å²) in [5.74, 6) is -0.506. The zero-order valence-electron chi connectivity index (χ0n) is 12.3. The van der Waals surface area contributed by atoms with Gasteiger partial charge in [-0.05, 0) is 24.1 Å². The Balaban J connectivity index is 2.11. The number of ether oxygens (including phenoxy) is 3. The van der Waals surface area contributed by atoms with Crippen molar-refractivity contribution in [1.29, 1.82) is 0 Å². The highest BCUT2D eigenvalue weighted by atomic mass is 16.5. The Kier molecular flexibility index (Phi) is 4.31. The lowest BCUT2D eigenvalue weighted by Gasteiger charge is -2.10. The second-order valence-electron chi connectivity index (χ2n) is 4.90. The van der Waals surface area contributed by atoms with Crippen LogP contribution in [0.15, 0.2) is 30.3 Å². The number of carbonyl (C=O) groups is 2. The molecule has 1 atom stereocenters. The molecular weight excluding hydrogens is 272 g/mol. The van der Waals surface area contributed by atoms with Gasteiger partial charge in [-0.15, -0.1) is 0 Å². The van der Waals surface area contributed by atoms with Crippen molar-refractivity contribution in [2.75, 3.05) is 21.3 Å². The zero-order chi connectivity index (χ0) is 15.5. The van der Waals surface area contributed by atoms with E-state index in [-0.39, 0.29) is 5.92 Å². The molecule has 0 spiro atoms. The Bertz CT molecular complexity index is 543. The summed E-state index contributed by atoms with van der Waals surface area (Å²) >= 11 is 0. The van der Waals surface area contributed by atoms with E-state index < -0.39 is 17.4 Å². The van der Waals surface area contributed by atoms with E-state index >= 15 is 0 Å². The first kappa shape index (κ1) is 15.1. The molecule has 5 heteroatoms. The summed E-state index contributed by atoms with van der Waals surface area (Å²) in [6.45, 7) is 0. The van der Waals surface area contributed by atoms with Gasteiger partial charge in [0.15, 0.2) is 5.41 Å². The largest absolute Gasteiger partial charge is 0.497 e. The number of hydrogen-bond donors (Lipinski definition) is 0. The van der Waals surface area contributed by atoms with E-state index in [4.69, 9.17) is 14.2 Å². The van der Waals surface area contributed by atoms with Crippen molar-refractivity contribution in [2.45, 2.75) is 6.42 Å². The zero-order valence-corrected chi connectivity index (χ0v) is 12.3. The summed E-state index contributed by atoms with van der Waals surface area (Å²) < 4.78 is 14.5. The molecular formula is C16H18O5. The topological polar surface area (TPSA) is 61.8 Å². The Hall–Kier alpha value is -2.30. The van der Waals surface area contributed by atoms with Gasteiger partial charge in [0.25, 0.3) is 0 Å². The van der Waals surface area contributed by atoms with E-state index in [1.54, 1.807) is 7.11 Å². The molecule has 1 unspecified atom stereocenters. The number of carbonyl (C=O) groups excluding carboxylic acids is 2. The van der Waals surface area contributed by atoms with Crippen LogP contribution in [0.4, 0.5) is 0 Å². The highest BCUT2D eigenvalue weighted by Crippen LogP contribution is 2.55. The van der Waals surface area contributed by atoms with E-state index in [2.05, 4.69) is 0 Å². The Labute approximate surface area is 123 Å². The monoisotopic (exact) mass is 290 g/mol. The summed E-state index contributed by atoms with van der Waals surface area (Å²) in [5.41, 5.74) is -0.210. The molecule has 1 saturated carbocycles. The molecule has 1 aromatic rings. The predicted octanol–water partition coefficient (Wildman–Crippen LogP) is 2.06. The number of allylic oxidation sites excluding steroid dienone is 1. The average Bonchev–Trinajstić information content (AvgIpc) is 3.27. The van der Waals surface area contributed by atoms with E-state index in [1.807, 2.05) is 36.4 Å². The highest BCUT2D eigenvalue weighted by Gasteiger charge is 2.66. The van der Waals surface area contributed by atoms with Crippen LogP contribution in [-0.4, -0.2) is 33.3 Å². The van der Waals surface area contributed by atoms with Gasteiger partial charge in [-0.2, -0.15) is 0 Å². The summed E-state index contributed by atoms with van der Waals surface area (Å²) in [5, 5.41) is 0. The van der Waals surface area contributed by atoms with Gasteiger partial charge in [0.2, 0.25) is 0 Å². The maximum absolute atomic E-state index is 11.8. The average molecular weight is 290 g/mol. The Morgan fingerprint density at radius 3 is 2.14 bits per heavy atom. The predicted molar refractivity (Wildman–Crippen MR) is 76.6 cm³/mol. The molecule has 0 heterocycles. The second kappa shape index (κ2) is 5.99. The summed E-state index contributed by atoms with van der Waals surface area (Å²) in [4.78, 5) is 23.7. The molecule has 1 fully saturated rings. The van der Waals surface area contributed by atoms with E-state index in [9.17, 15) is 9.59 Å². The van der Waals surface area contributed by atoms with Crippen molar-refractivity contribution in [3.63, 3.8) is 0 Å². The van der Waals surface area contributed by atoms with Gasteiger partial charge in [-0.3, -0.25) is 9.59 Å². The number of esters is 2. The Morgan fingerprint density at radius 1 is 1.10 bits per heavy atom. The quantitative estimate of drug-likeness (QED) is 0.613. The van der Waals surface area contributed by atoms with Crippen LogP contribution >= 0.6 is 0 Å². The minimum Gasteiger partial charge on any atom is -0.497 e. The van der Waals surface area contributed by atoms with Crippen LogP contribution in [0.5, 0.6) is 5.75 Å². The lowest BCUT2D eigenvalue weighted by molar-refractivity contribution is -0.161. The fourth-order valence-corrected chi connectivity index (χ4v) is 2.38. The third-order valence-electron chi connectivity index (χ3n) is 3.75. The first-order valence-electron chi connectivity index (χ1n) is 6.57. The molecule has 2 rings (SSSR count). The van der Waals surface area contributed by atoms with Crippen LogP contribution < -0.4 is 4.74 Å². The SMILES string of the molecule is COC(=O)C1(C(=O)OC)CC1/C=C/c1ccc(OC)cc1. The lowest BCUT2D eigenvalue weighted by atomic mass is 10.0. The fourth-order valence-electron chi connectivity index (χ4n) is 2.38. The molecule has 0 saturated heterocycles. The molecule has 0 bridgehead atoms. The molecule has 21 heavy (non-hydrogen) atoms. The number of rotatable bonds is 5. The van der Waals surface area contributed by atoms with Gasteiger partial charge < -0.3 is 14.2 Å². The smallest absolute Gasteiger partial charge is 0.323 e. The van der Waals surface area contributed by atoms with E-state index in [0.29, 0.717) is 6.42 Å². The summed E-state index contributed by atoms with van der Waals surface area (Å²) in [6.07, 6.45) is 4.13. The Morgan fingerprint density at radius 2 is 1.67 bits per heavy atom. The first-order chi connectivity index (χ1) is 10.1. The minimum absolute atomic E-state index is 0.195. The third-order valence-corrected chi connectivity index (χ3v) is 3.75. The van der Waals surface area contributed by atoms with Crippen LogP contribution in [0.25, 0.3) is 6.08 Å². The van der Waals surface area contributed by atoms with E-state index in [0.717, 1.165) is 11.3 Å². The van der Waals surface area contributed by atoms with Crippen molar-refractivity contribution < 1.29 is 23.8 Å². The maximum Gasteiger partial charge on any atom is 0.323 e. The van der Waals surface area contributed by atoms with Crippen molar-refractivity contribution in [3.05, 3.63) is 35.9 Å². The molecule has 0 N–H and O–H groups in total. The second-order valence-corrected chi connectivity index (χ2v) is 4.90. The van der Waals surface area contributed by atoms with Gasteiger partial charge in [-0.25, -0.2) is 0 Å². The van der Waals surface area contributed by atoms with Crippen LogP contribution in [0, 0.1) is 11.3 Å². The third kappa shape index (κ3) is 2.77. The molecule has 1 aliphatic rings. The van der Waals surface area contributed by atoms with Crippen molar-refractivity contribution in [1.82, 2.24) is 0 Å². The summed E-state index contributed by atoms with van der Waals surface area (Å²) in [7, 11) is 4.15. The van der Waals surface area contributed by atoms with Crippen LogP contribution in [0.3, 0.4) is 0 Å². The first-order valence-corrected chi connectivity index (χ1v) is 6.57. The van der Waals surface area contributed by atoms with Gasteiger partial charge in [0.1, 0.15) is 5.75 Å². The maximum atomic E-state index is 11.8. The molecule has 0 aliphatic heterocycles. The summed E-state index contributed by atoms with van der Waals surface area (Å²) in [6, 6.07) is 7.49. The molecule has 5 nitrogen and oxygen atoms in total. The van der Waals surface area contributed by atoms with Gasteiger partial charge in [0.05, 0.1) is 21.3 Å².